The summed E-state index contributed by atoms with van der Waals surface area (Å²) >= 11 is 3.35. The fraction of sp³-hybridized carbons (Fsp3) is 0.636. The van der Waals surface area contributed by atoms with E-state index in [1.807, 2.05) is 0 Å². The van der Waals surface area contributed by atoms with Crippen LogP contribution < -0.4 is 9.64 Å². The Hall–Kier alpha value is -0.880. The van der Waals surface area contributed by atoms with Gasteiger partial charge in [-0.3, -0.25) is 0 Å². The Labute approximate surface area is 109 Å². The number of halogens is 1. The van der Waals surface area contributed by atoms with Gasteiger partial charge in [-0.05, 0) is 29.8 Å². The first kappa shape index (κ1) is 12.6. The molecule has 5 nitrogen and oxygen atoms in total. The Morgan fingerprint density at radius 2 is 2.29 bits per heavy atom. The van der Waals surface area contributed by atoms with Crippen molar-refractivity contribution in [3.63, 3.8) is 0 Å². The molecule has 0 bridgehead atoms. The summed E-state index contributed by atoms with van der Waals surface area (Å²) in [5, 5.41) is 0. The van der Waals surface area contributed by atoms with Crippen LogP contribution in [0.15, 0.2) is 10.7 Å². The van der Waals surface area contributed by atoms with Gasteiger partial charge in [-0.15, -0.1) is 0 Å². The summed E-state index contributed by atoms with van der Waals surface area (Å²) in [6.45, 7) is 5.65. The van der Waals surface area contributed by atoms with Gasteiger partial charge in [0.1, 0.15) is 0 Å². The first-order valence-corrected chi connectivity index (χ1v) is 6.36. The number of anilines is 1. The third-order valence-electron chi connectivity index (χ3n) is 2.76. The molecule has 2 heterocycles. The lowest BCUT2D eigenvalue weighted by Crippen LogP contribution is -2.48. The summed E-state index contributed by atoms with van der Waals surface area (Å²) in [5.74, 6) is 1.24. The lowest BCUT2D eigenvalue weighted by atomic mass is 10.2. The minimum Gasteiger partial charge on any atom is -0.480 e. The van der Waals surface area contributed by atoms with Gasteiger partial charge in [0, 0.05) is 6.54 Å². The SMILES string of the molecule is COc1nc(N2CC(C)OCC2C)ncc1Br. The fourth-order valence-electron chi connectivity index (χ4n) is 1.81. The molecule has 1 aliphatic heterocycles. The first-order chi connectivity index (χ1) is 8.11. The summed E-state index contributed by atoms with van der Waals surface area (Å²) in [7, 11) is 1.60. The summed E-state index contributed by atoms with van der Waals surface area (Å²) < 4.78 is 11.5. The number of nitrogens with zero attached hydrogens (tertiary/aromatic N) is 3. The monoisotopic (exact) mass is 301 g/mol. The third-order valence-corrected chi connectivity index (χ3v) is 3.30. The standard InChI is InChI=1S/C11H16BrN3O2/c1-7-6-17-8(2)5-15(7)11-13-4-9(12)10(14-11)16-3/h4,7-8H,5-6H2,1-3H3. The molecular weight excluding hydrogens is 286 g/mol. The Balaban J connectivity index is 2.26. The Kier molecular flexibility index (Phi) is 3.83. The number of hydrogen-bond donors (Lipinski definition) is 0. The van der Waals surface area contributed by atoms with E-state index in [0.717, 1.165) is 11.0 Å². The van der Waals surface area contributed by atoms with Gasteiger partial charge < -0.3 is 14.4 Å². The van der Waals surface area contributed by atoms with Crippen LogP contribution in [0.1, 0.15) is 13.8 Å². The molecule has 17 heavy (non-hydrogen) atoms. The number of rotatable bonds is 2. The lowest BCUT2D eigenvalue weighted by molar-refractivity contribution is 0.0336. The van der Waals surface area contributed by atoms with E-state index < -0.39 is 0 Å². The largest absolute Gasteiger partial charge is 0.480 e. The van der Waals surface area contributed by atoms with Gasteiger partial charge in [0.15, 0.2) is 0 Å². The van der Waals surface area contributed by atoms with E-state index in [1.54, 1.807) is 13.3 Å². The Bertz CT molecular complexity index is 402. The van der Waals surface area contributed by atoms with Gasteiger partial charge in [-0.1, -0.05) is 0 Å². The quantitative estimate of drug-likeness (QED) is 0.834. The molecule has 0 aliphatic carbocycles. The van der Waals surface area contributed by atoms with Crippen LogP contribution in [0.25, 0.3) is 0 Å². The van der Waals surface area contributed by atoms with Crippen LogP contribution in [0.3, 0.4) is 0 Å². The van der Waals surface area contributed by atoms with Crippen LogP contribution in [0, 0.1) is 0 Å². The zero-order chi connectivity index (χ0) is 12.4. The molecule has 1 saturated heterocycles. The van der Waals surface area contributed by atoms with Crippen molar-refractivity contribution in [3.8, 4) is 5.88 Å². The molecule has 0 aromatic carbocycles. The van der Waals surface area contributed by atoms with E-state index in [0.29, 0.717) is 18.4 Å². The molecule has 2 atom stereocenters. The van der Waals surface area contributed by atoms with Crippen LogP contribution in [-0.4, -0.2) is 42.4 Å². The highest BCUT2D eigenvalue weighted by molar-refractivity contribution is 9.10. The van der Waals surface area contributed by atoms with Crippen molar-refractivity contribution in [2.45, 2.75) is 26.0 Å². The van der Waals surface area contributed by atoms with Crippen molar-refractivity contribution >= 4 is 21.9 Å². The van der Waals surface area contributed by atoms with E-state index in [1.165, 1.54) is 0 Å². The molecule has 0 saturated carbocycles. The second-order valence-corrected chi connectivity index (χ2v) is 5.03. The average Bonchev–Trinajstić information content (AvgIpc) is 2.33. The smallest absolute Gasteiger partial charge is 0.232 e. The molecule has 0 amide bonds. The summed E-state index contributed by atoms with van der Waals surface area (Å²) in [6, 6.07) is 0.275. The molecule has 0 spiro atoms. The highest BCUT2D eigenvalue weighted by Gasteiger charge is 2.26. The van der Waals surface area contributed by atoms with Gasteiger partial charge in [0.2, 0.25) is 11.8 Å². The molecular formula is C11H16BrN3O2. The molecule has 6 heteroatoms. The maximum atomic E-state index is 5.58. The summed E-state index contributed by atoms with van der Waals surface area (Å²) in [4.78, 5) is 10.9. The zero-order valence-corrected chi connectivity index (χ0v) is 11.8. The molecule has 94 valence electrons. The molecule has 1 fully saturated rings. The van der Waals surface area contributed by atoms with E-state index in [4.69, 9.17) is 9.47 Å². The van der Waals surface area contributed by atoms with Crippen molar-refractivity contribution in [1.29, 1.82) is 0 Å². The maximum absolute atomic E-state index is 5.58. The second kappa shape index (κ2) is 5.18. The van der Waals surface area contributed by atoms with Crippen molar-refractivity contribution in [3.05, 3.63) is 10.7 Å². The van der Waals surface area contributed by atoms with Crippen LogP contribution in [0.5, 0.6) is 5.88 Å². The summed E-state index contributed by atoms with van der Waals surface area (Å²) in [5.41, 5.74) is 0. The van der Waals surface area contributed by atoms with Gasteiger partial charge in [0.25, 0.3) is 0 Å². The molecule has 0 N–H and O–H groups in total. The predicted molar refractivity (Wildman–Crippen MR) is 68.5 cm³/mol. The Morgan fingerprint density at radius 3 is 3.00 bits per heavy atom. The van der Waals surface area contributed by atoms with Crippen molar-refractivity contribution in [1.82, 2.24) is 9.97 Å². The molecule has 1 aliphatic rings. The van der Waals surface area contributed by atoms with Gasteiger partial charge in [-0.25, -0.2) is 4.98 Å². The van der Waals surface area contributed by atoms with Gasteiger partial charge in [-0.2, -0.15) is 4.98 Å². The minimum absolute atomic E-state index is 0.199. The van der Waals surface area contributed by atoms with Crippen LogP contribution in [0.4, 0.5) is 5.95 Å². The van der Waals surface area contributed by atoms with Gasteiger partial charge in [0.05, 0.1) is 36.5 Å². The van der Waals surface area contributed by atoms with E-state index in [2.05, 4.69) is 44.6 Å². The van der Waals surface area contributed by atoms with E-state index in [-0.39, 0.29) is 12.1 Å². The number of ether oxygens (including phenoxy) is 2. The Morgan fingerprint density at radius 1 is 1.53 bits per heavy atom. The number of hydrogen-bond acceptors (Lipinski definition) is 5. The lowest BCUT2D eigenvalue weighted by Gasteiger charge is -2.36. The summed E-state index contributed by atoms with van der Waals surface area (Å²) in [6.07, 6.45) is 1.91. The van der Waals surface area contributed by atoms with Crippen molar-refractivity contribution < 1.29 is 9.47 Å². The fourth-order valence-corrected chi connectivity index (χ4v) is 2.16. The molecule has 0 radical (unpaired) electrons. The van der Waals surface area contributed by atoms with Crippen LogP contribution >= 0.6 is 15.9 Å². The zero-order valence-electron chi connectivity index (χ0n) is 10.2. The molecule has 1 aromatic heterocycles. The molecule has 1 aromatic rings. The normalized spacial score (nSPS) is 24.8. The van der Waals surface area contributed by atoms with Crippen molar-refractivity contribution in [2.75, 3.05) is 25.2 Å². The number of morpholine rings is 1. The molecule has 2 rings (SSSR count). The minimum atomic E-state index is 0.199. The van der Waals surface area contributed by atoms with Crippen LogP contribution in [-0.2, 0) is 4.74 Å². The van der Waals surface area contributed by atoms with E-state index in [9.17, 15) is 0 Å². The molecule has 2 unspecified atom stereocenters. The highest BCUT2D eigenvalue weighted by Crippen LogP contribution is 2.25. The number of aromatic nitrogens is 2. The topological polar surface area (TPSA) is 47.5 Å². The first-order valence-electron chi connectivity index (χ1n) is 5.56. The third kappa shape index (κ3) is 2.69. The van der Waals surface area contributed by atoms with Crippen molar-refractivity contribution in [2.24, 2.45) is 0 Å². The maximum Gasteiger partial charge on any atom is 0.232 e. The van der Waals surface area contributed by atoms with Gasteiger partial charge >= 0.3 is 0 Å². The van der Waals surface area contributed by atoms with E-state index >= 15 is 0 Å². The second-order valence-electron chi connectivity index (χ2n) is 4.17. The number of methoxy groups -OCH3 is 1. The average molecular weight is 302 g/mol. The highest BCUT2D eigenvalue weighted by atomic mass is 79.9. The predicted octanol–water partition coefficient (Wildman–Crippen LogP) is 1.86. The van der Waals surface area contributed by atoms with Crippen LogP contribution in [0.2, 0.25) is 0 Å².